The van der Waals surface area contributed by atoms with Crippen molar-refractivity contribution in [3.05, 3.63) is 59.7 Å². The third-order valence-corrected chi connectivity index (χ3v) is 7.98. The molecule has 282 valence electrons. The van der Waals surface area contributed by atoms with Gasteiger partial charge in [0, 0.05) is 26.0 Å². The Morgan fingerprint density at radius 3 is 1.86 bits per heavy atom. The fourth-order valence-corrected chi connectivity index (χ4v) is 5.50. The molecule has 3 N–H and O–H groups in total. The van der Waals surface area contributed by atoms with Crippen LogP contribution < -0.4 is 16.0 Å². The minimum Gasteiger partial charge on any atom is -0.458 e. The zero-order chi connectivity index (χ0) is 37.2. The van der Waals surface area contributed by atoms with Gasteiger partial charge in [0.25, 0.3) is 0 Å². The first-order chi connectivity index (χ1) is 24.4. The van der Waals surface area contributed by atoms with Crippen molar-refractivity contribution in [1.29, 1.82) is 0 Å². The summed E-state index contributed by atoms with van der Waals surface area (Å²) in [7, 11) is 1.61. The number of benzene rings is 2. The number of alkyl carbamates (subject to hydrolysis) is 1. The van der Waals surface area contributed by atoms with Crippen LogP contribution in [0.15, 0.2) is 48.5 Å². The summed E-state index contributed by atoms with van der Waals surface area (Å²) in [5.41, 5.74) is 3.53. The average Bonchev–Trinajstić information content (AvgIpc) is 3.41. The molecule has 2 aromatic rings. The van der Waals surface area contributed by atoms with Gasteiger partial charge in [0.05, 0.1) is 46.2 Å². The van der Waals surface area contributed by atoms with Crippen molar-refractivity contribution in [2.24, 2.45) is 5.92 Å². The molecule has 13 heteroatoms. The van der Waals surface area contributed by atoms with Crippen LogP contribution in [0.25, 0.3) is 11.1 Å². The third kappa shape index (κ3) is 14.2. The van der Waals surface area contributed by atoms with Crippen molar-refractivity contribution >= 4 is 23.9 Å². The largest absolute Gasteiger partial charge is 0.458 e. The van der Waals surface area contributed by atoms with Crippen LogP contribution in [-0.4, -0.2) is 108 Å². The first-order valence-corrected chi connectivity index (χ1v) is 17.5. The van der Waals surface area contributed by atoms with E-state index in [1.807, 2.05) is 36.4 Å². The number of carbonyl (C=O) groups is 4. The maximum atomic E-state index is 13.5. The van der Waals surface area contributed by atoms with Crippen LogP contribution in [-0.2, 0) is 42.8 Å². The Hall–Kier alpha value is -4.04. The van der Waals surface area contributed by atoms with Gasteiger partial charge in [-0.3, -0.25) is 9.59 Å². The first-order valence-electron chi connectivity index (χ1n) is 17.5. The average molecular weight is 714 g/mol. The van der Waals surface area contributed by atoms with Crippen LogP contribution in [0.3, 0.4) is 0 Å². The molecule has 2 aromatic carbocycles. The summed E-state index contributed by atoms with van der Waals surface area (Å²) in [5.74, 6) is -2.07. The number of amides is 3. The van der Waals surface area contributed by atoms with Crippen LogP contribution in [0.2, 0.25) is 0 Å². The Bertz CT molecular complexity index is 1360. The van der Waals surface area contributed by atoms with Crippen molar-refractivity contribution in [2.75, 3.05) is 66.5 Å². The molecule has 0 fully saturated rings. The molecule has 0 aromatic heterocycles. The van der Waals surface area contributed by atoms with Gasteiger partial charge in [-0.2, -0.15) is 0 Å². The minimum absolute atomic E-state index is 0.0105. The van der Waals surface area contributed by atoms with Crippen LogP contribution in [0.1, 0.15) is 64.5 Å². The molecular formula is C38H55N3O10. The summed E-state index contributed by atoms with van der Waals surface area (Å²) in [6.45, 7) is 12.1. The van der Waals surface area contributed by atoms with Gasteiger partial charge in [0.2, 0.25) is 11.8 Å². The number of ether oxygens (including phenoxy) is 6. The number of esters is 1. The van der Waals surface area contributed by atoms with E-state index in [0.717, 1.165) is 22.3 Å². The summed E-state index contributed by atoms with van der Waals surface area (Å²) in [6.07, 6.45) is -0.814. The number of methoxy groups -OCH3 is 1. The molecule has 0 saturated heterocycles. The summed E-state index contributed by atoms with van der Waals surface area (Å²) in [5, 5.41) is 8.13. The van der Waals surface area contributed by atoms with Crippen LogP contribution in [0, 0.1) is 5.92 Å². The molecule has 0 radical (unpaired) electrons. The van der Waals surface area contributed by atoms with Crippen LogP contribution >= 0.6 is 0 Å². The predicted octanol–water partition coefficient (Wildman–Crippen LogP) is 3.97. The zero-order valence-corrected chi connectivity index (χ0v) is 30.8. The molecule has 0 spiro atoms. The number of hydrogen-bond acceptors (Lipinski definition) is 10. The minimum atomic E-state index is -1.13. The number of fused-ring (bicyclic) bond motifs is 3. The Kier molecular flexibility index (Phi) is 17.3. The number of nitrogens with one attached hydrogen (secondary N) is 3. The Morgan fingerprint density at radius 1 is 0.765 bits per heavy atom. The lowest BCUT2D eigenvalue weighted by Gasteiger charge is -2.27. The Morgan fingerprint density at radius 2 is 1.31 bits per heavy atom. The highest BCUT2D eigenvalue weighted by Crippen LogP contribution is 2.44. The van der Waals surface area contributed by atoms with Crippen molar-refractivity contribution in [3.63, 3.8) is 0 Å². The maximum Gasteiger partial charge on any atom is 0.407 e. The van der Waals surface area contributed by atoms with E-state index in [2.05, 4.69) is 28.1 Å². The highest BCUT2D eigenvalue weighted by atomic mass is 16.6. The number of carbonyl (C=O) groups excluding carboxylic acids is 4. The standard InChI is InChI=1S/C38H55N3O10/c1-26(2)34(41-37(45)50-25-31-29-13-9-7-11-27(29)28-12-8-10-14-30(28)31)35(43)40-32(36(44)51-38(3,4)5)15-16-33(42)39-17-18-47-21-22-49-24-23-48-20-19-46-6/h7-14,26,31-32,34H,15-25H2,1-6H3,(H,39,42)(H,40,43)(H,41,45)/t32-,34?/m0/s1. The van der Waals surface area contributed by atoms with Crippen molar-refractivity contribution in [1.82, 2.24) is 16.0 Å². The smallest absolute Gasteiger partial charge is 0.407 e. The quantitative estimate of drug-likeness (QED) is 0.120. The molecule has 3 amide bonds. The molecular weight excluding hydrogens is 658 g/mol. The topological polar surface area (TPSA) is 160 Å². The zero-order valence-electron chi connectivity index (χ0n) is 30.8. The van der Waals surface area contributed by atoms with E-state index >= 15 is 0 Å². The first kappa shape index (κ1) is 41.4. The van der Waals surface area contributed by atoms with Gasteiger partial charge in [-0.05, 0) is 55.4 Å². The highest BCUT2D eigenvalue weighted by Gasteiger charge is 2.33. The Balaban J connectivity index is 1.47. The molecule has 2 atom stereocenters. The molecule has 0 saturated carbocycles. The highest BCUT2D eigenvalue weighted by molar-refractivity contribution is 5.90. The molecule has 3 rings (SSSR count). The second-order valence-electron chi connectivity index (χ2n) is 13.5. The number of rotatable bonds is 22. The molecule has 1 aliphatic carbocycles. The molecule has 0 heterocycles. The van der Waals surface area contributed by atoms with Crippen molar-refractivity contribution < 1.29 is 47.6 Å². The van der Waals surface area contributed by atoms with Crippen molar-refractivity contribution in [3.8, 4) is 11.1 Å². The third-order valence-electron chi connectivity index (χ3n) is 7.98. The maximum absolute atomic E-state index is 13.5. The lowest BCUT2D eigenvalue weighted by Crippen LogP contribution is -2.54. The lowest BCUT2D eigenvalue weighted by molar-refractivity contribution is -0.159. The molecule has 0 aliphatic heterocycles. The van der Waals surface area contributed by atoms with Gasteiger partial charge in [0.15, 0.2) is 0 Å². The summed E-state index contributed by atoms with van der Waals surface area (Å²) in [6, 6.07) is 13.9. The van der Waals surface area contributed by atoms with Gasteiger partial charge < -0.3 is 44.4 Å². The summed E-state index contributed by atoms with van der Waals surface area (Å²) >= 11 is 0. The lowest BCUT2D eigenvalue weighted by atomic mass is 9.98. The fraction of sp³-hybridized carbons (Fsp3) is 0.579. The monoisotopic (exact) mass is 713 g/mol. The van der Waals surface area contributed by atoms with E-state index in [0.29, 0.717) is 39.6 Å². The molecule has 13 nitrogen and oxygen atoms in total. The second kappa shape index (κ2) is 21.4. The van der Waals surface area contributed by atoms with Gasteiger partial charge in [-0.15, -0.1) is 0 Å². The Labute approximate surface area is 301 Å². The van der Waals surface area contributed by atoms with E-state index in [-0.39, 0.29) is 50.3 Å². The SMILES string of the molecule is COCCOCCOCCOCCNC(=O)CC[C@H](NC(=O)C(NC(=O)OCC1c2ccccc2-c2ccccc21)C(C)C)C(=O)OC(C)(C)C. The van der Waals surface area contributed by atoms with E-state index in [1.165, 1.54) is 0 Å². The van der Waals surface area contributed by atoms with E-state index < -0.39 is 35.7 Å². The van der Waals surface area contributed by atoms with E-state index in [9.17, 15) is 19.2 Å². The molecule has 1 aliphatic rings. The van der Waals surface area contributed by atoms with E-state index in [4.69, 9.17) is 28.4 Å². The second-order valence-corrected chi connectivity index (χ2v) is 13.5. The summed E-state index contributed by atoms with van der Waals surface area (Å²) in [4.78, 5) is 52.3. The van der Waals surface area contributed by atoms with Crippen LogP contribution in [0.5, 0.6) is 0 Å². The molecule has 51 heavy (non-hydrogen) atoms. The van der Waals surface area contributed by atoms with Gasteiger partial charge in [0.1, 0.15) is 24.3 Å². The van der Waals surface area contributed by atoms with Crippen molar-refractivity contribution in [2.45, 2.75) is 71.1 Å². The van der Waals surface area contributed by atoms with Gasteiger partial charge >= 0.3 is 12.1 Å². The molecule has 0 bridgehead atoms. The van der Waals surface area contributed by atoms with Gasteiger partial charge in [-0.1, -0.05) is 62.4 Å². The summed E-state index contributed by atoms with van der Waals surface area (Å²) < 4.78 is 32.3. The molecule has 1 unspecified atom stereocenters. The van der Waals surface area contributed by atoms with Crippen LogP contribution in [0.4, 0.5) is 4.79 Å². The normalized spacial score (nSPS) is 13.5. The fourth-order valence-electron chi connectivity index (χ4n) is 5.50. The van der Waals surface area contributed by atoms with Gasteiger partial charge in [-0.25, -0.2) is 9.59 Å². The van der Waals surface area contributed by atoms with E-state index in [1.54, 1.807) is 41.7 Å². The predicted molar refractivity (Wildman–Crippen MR) is 191 cm³/mol. The number of hydrogen-bond donors (Lipinski definition) is 3.